The van der Waals surface area contributed by atoms with Crippen molar-refractivity contribution in [3.63, 3.8) is 0 Å². The van der Waals surface area contributed by atoms with Gasteiger partial charge in [0.1, 0.15) is 0 Å². The van der Waals surface area contributed by atoms with Gasteiger partial charge in [0.05, 0.1) is 0 Å². The second-order valence-electron chi connectivity index (χ2n) is 1.94. The van der Waals surface area contributed by atoms with E-state index in [1.807, 2.05) is 0 Å². The molecule has 1 unspecified atom stereocenters. The summed E-state index contributed by atoms with van der Waals surface area (Å²) in [6.45, 7) is 1.79. The Bertz CT molecular complexity index is 52.4. The van der Waals surface area contributed by atoms with E-state index in [-0.39, 0.29) is 51.4 Å². The van der Waals surface area contributed by atoms with Crippen LogP contribution in [-0.2, 0) is 0 Å². The monoisotopic (exact) mass is 138 g/mol. The third-order valence-corrected chi connectivity index (χ3v) is 1.35. The average Bonchev–Trinajstić information content (AvgIpc) is 2.14. The first-order valence-electron chi connectivity index (χ1n) is 2.80. The van der Waals surface area contributed by atoms with Crippen LogP contribution in [0.25, 0.3) is 5.32 Å². The van der Waals surface area contributed by atoms with Gasteiger partial charge in [-0.25, -0.2) is 0 Å². The Morgan fingerprint density at radius 2 is 2.38 bits per heavy atom. The molecular weight excluding hydrogens is 127 g/mol. The van der Waals surface area contributed by atoms with Crippen molar-refractivity contribution in [3.05, 3.63) is 5.32 Å². The smallest absolute Gasteiger partial charge is 0.658 e. The van der Waals surface area contributed by atoms with Crippen LogP contribution >= 0.6 is 0 Å². The van der Waals surface area contributed by atoms with E-state index >= 15 is 0 Å². The minimum Gasteiger partial charge on any atom is -0.658 e. The van der Waals surface area contributed by atoms with E-state index in [1.165, 1.54) is 12.8 Å². The third kappa shape index (κ3) is 2.91. The van der Waals surface area contributed by atoms with Crippen LogP contribution in [0.1, 0.15) is 12.8 Å². The fourth-order valence-corrected chi connectivity index (χ4v) is 0.884. The molecule has 0 saturated carbocycles. The fraction of sp³-hybridized carbons (Fsp3) is 1.00. The van der Waals surface area contributed by atoms with Gasteiger partial charge in [-0.05, 0) is 6.54 Å². The minimum absolute atomic E-state index is 0. The molecule has 1 saturated heterocycles. The number of rotatable bonds is 1. The topological polar surface area (TPSA) is 40.1 Å². The Balaban J connectivity index is 0.000000490. The van der Waals surface area contributed by atoms with E-state index in [0.717, 1.165) is 13.1 Å². The van der Waals surface area contributed by atoms with Gasteiger partial charge in [0.25, 0.3) is 0 Å². The van der Waals surface area contributed by atoms with Gasteiger partial charge < -0.3 is 11.1 Å². The largest absolute Gasteiger partial charge is 1.00 e. The van der Waals surface area contributed by atoms with Crippen molar-refractivity contribution in [2.75, 3.05) is 13.1 Å². The summed E-state index contributed by atoms with van der Waals surface area (Å²) in [6.07, 6.45) is 2.47. The first-order valence-corrected chi connectivity index (χ1v) is 2.80. The van der Waals surface area contributed by atoms with Gasteiger partial charge in [0.15, 0.2) is 0 Å². The van der Waals surface area contributed by atoms with Crippen molar-refractivity contribution < 1.29 is 51.4 Å². The Hall–Kier alpha value is 1.56. The standard InChI is InChI=1S/C5H11N2.K/c6-4-5-2-1-3-7-5;/h5H,1-4,6H2;/q-1;+1. The second-order valence-corrected chi connectivity index (χ2v) is 1.94. The minimum atomic E-state index is 0. The Labute approximate surface area is 93.0 Å². The molecule has 0 aliphatic carbocycles. The maximum Gasteiger partial charge on any atom is 1.00 e. The second kappa shape index (κ2) is 5.35. The molecule has 1 fully saturated rings. The van der Waals surface area contributed by atoms with Gasteiger partial charge >= 0.3 is 51.4 Å². The Kier molecular flexibility index (Phi) is 6.39. The molecule has 1 atom stereocenters. The first kappa shape index (κ1) is 9.56. The molecule has 1 rings (SSSR count). The zero-order valence-corrected chi connectivity index (χ0v) is 8.55. The summed E-state index contributed by atoms with van der Waals surface area (Å²) in [5, 5.41) is 4.23. The maximum absolute atomic E-state index is 5.34. The van der Waals surface area contributed by atoms with Crippen LogP contribution in [0.3, 0.4) is 0 Å². The summed E-state index contributed by atoms with van der Waals surface area (Å²) in [7, 11) is 0. The van der Waals surface area contributed by atoms with Crippen LogP contribution in [0.15, 0.2) is 0 Å². The van der Waals surface area contributed by atoms with Crippen molar-refractivity contribution in [3.8, 4) is 0 Å². The molecule has 1 aliphatic rings. The van der Waals surface area contributed by atoms with Gasteiger partial charge in [-0.2, -0.15) is 0 Å². The van der Waals surface area contributed by atoms with Crippen molar-refractivity contribution in [2.45, 2.75) is 18.9 Å². The summed E-state index contributed by atoms with van der Waals surface area (Å²) in [6, 6.07) is 0.500. The van der Waals surface area contributed by atoms with E-state index in [2.05, 4.69) is 5.32 Å². The van der Waals surface area contributed by atoms with E-state index < -0.39 is 0 Å². The molecule has 42 valence electrons. The SMILES string of the molecule is NCC1CCC[N-]1.[K+]. The number of nitrogens with zero attached hydrogens (tertiary/aromatic N) is 1. The molecule has 3 heteroatoms. The van der Waals surface area contributed by atoms with Gasteiger partial charge in [-0.3, -0.25) is 0 Å². The van der Waals surface area contributed by atoms with Gasteiger partial charge in [-0.1, -0.05) is 12.8 Å². The summed E-state index contributed by atoms with van der Waals surface area (Å²) in [5.41, 5.74) is 5.34. The molecule has 2 nitrogen and oxygen atoms in total. The summed E-state index contributed by atoms with van der Waals surface area (Å²) in [4.78, 5) is 0. The summed E-state index contributed by atoms with van der Waals surface area (Å²) in [5.74, 6) is 0. The third-order valence-electron chi connectivity index (χ3n) is 1.35. The molecule has 1 aliphatic heterocycles. The molecule has 0 amide bonds. The quantitative estimate of drug-likeness (QED) is 0.399. The molecule has 1 heterocycles. The summed E-state index contributed by atoms with van der Waals surface area (Å²) < 4.78 is 0. The Morgan fingerprint density at radius 1 is 1.62 bits per heavy atom. The molecule has 0 bridgehead atoms. The molecule has 0 spiro atoms. The van der Waals surface area contributed by atoms with E-state index in [9.17, 15) is 0 Å². The predicted molar refractivity (Wildman–Crippen MR) is 30.3 cm³/mol. The molecule has 0 aromatic heterocycles. The number of hydrogen-bond donors (Lipinski definition) is 1. The van der Waals surface area contributed by atoms with Crippen LogP contribution in [0.2, 0.25) is 0 Å². The molecular formula is C5H11KN2. The van der Waals surface area contributed by atoms with E-state index in [0.29, 0.717) is 6.04 Å². The Morgan fingerprint density at radius 3 is 2.62 bits per heavy atom. The zero-order chi connectivity index (χ0) is 5.11. The molecule has 0 aromatic carbocycles. The van der Waals surface area contributed by atoms with Crippen molar-refractivity contribution in [1.29, 1.82) is 0 Å². The van der Waals surface area contributed by atoms with Gasteiger partial charge in [0.2, 0.25) is 0 Å². The van der Waals surface area contributed by atoms with Crippen molar-refractivity contribution in [2.24, 2.45) is 5.73 Å². The van der Waals surface area contributed by atoms with Crippen molar-refractivity contribution in [1.82, 2.24) is 0 Å². The van der Waals surface area contributed by atoms with Crippen LogP contribution in [0.5, 0.6) is 0 Å². The first-order chi connectivity index (χ1) is 3.43. The van der Waals surface area contributed by atoms with Crippen LogP contribution in [0, 0.1) is 0 Å². The van der Waals surface area contributed by atoms with E-state index in [1.54, 1.807) is 0 Å². The molecule has 2 N–H and O–H groups in total. The van der Waals surface area contributed by atoms with Gasteiger partial charge in [-0.15, -0.1) is 12.6 Å². The van der Waals surface area contributed by atoms with Crippen LogP contribution < -0.4 is 57.1 Å². The van der Waals surface area contributed by atoms with E-state index in [4.69, 9.17) is 5.73 Å². The van der Waals surface area contributed by atoms with Crippen LogP contribution in [0.4, 0.5) is 0 Å². The number of hydrogen-bond acceptors (Lipinski definition) is 1. The maximum atomic E-state index is 5.34. The predicted octanol–water partition coefficient (Wildman–Crippen LogP) is -2.51. The fourth-order valence-electron chi connectivity index (χ4n) is 0.884. The van der Waals surface area contributed by atoms with Gasteiger partial charge in [0, 0.05) is 0 Å². The molecule has 0 radical (unpaired) electrons. The number of nitrogens with two attached hydrogens (primary N) is 1. The zero-order valence-electron chi connectivity index (χ0n) is 5.43. The van der Waals surface area contributed by atoms with Crippen molar-refractivity contribution >= 4 is 0 Å². The normalized spacial score (nSPS) is 27.4. The van der Waals surface area contributed by atoms with Crippen LogP contribution in [-0.4, -0.2) is 19.1 Å². The summed E-state index contributed by atoms with van der Waals surface area (Å²) >= 11 is 0. The average molecular weight is 138 g/mol. The molecule has 0 aromatic rings. The molecule has 8 heavy (non-hydrogen) atoms.